The first-order chi connectivity index (χ1) is 11.6. The quantitative estimate of drug-likeness (QED) is 0.405. The molecular formula is C16H16ClN5OS. The molecular weight excluding hydrogens is 346 g/mol. The summed E-state index contributed by atoms with van der Waals surface area (Å²) in [6.45, 7) is 1.90. The molecule has 0 bridgehead atoms. The Morgan fingerprint density at radius 1 is 1.17 bits per heavy atom. The van der Waals surface area contributed by atoms with Crippen LogP contribution in [0.2, 0.25) is 5.02 Å². The minimum atomic E-state index is 0.495. The Morgan fingerprint density at radius 2 is 1.96 bits per heavy atom. The van der Waals surface area contributed by atoms with Crippen molar-refractivity contribution in [2.45, 2.75) is 24.9 Å². The SMILES string of the molecule is Cc1cc(N)nc(SCCCc2nc(-c3ccc(Cl)cc3)no2)n1. The monoisotopic (exact) mass is 361 g/mol. The number of thioether (sulfide) groups is 1. The Bertz CT molecular complexity index is 801. The Hall–Kier alpha value is -2.12. The minimum Gasteiger partial charge on any atom is -0.384 e. The van der Waals surface area contributed by atoms with Crippen LogP contribution in [0.15, 0.2) is 40.0 Å². The molecule has 2 N–H and O–H groups in total. The molecule has 2 heterocycles. The van der Waals surface area contributed by atoms with Gasteiger partial charge in [0.1, 0.15) is 5.82 Å². The van der Waals surface area contributed by atoms with E-state index < -0.39 is 0 Å². The molecule has 0 saturated carbocycles. The molecule has 124 valence electrons. The molecule has 0 unspecified atom stereocenters. The standard InChI is InChI=1S/C16H16ClN5OS/c1-10-9-13(18)20-16(19-10)24-8-2-3-14-21-15(22-23-14)11-4-6-12(17)7-5-11/h4-7,9H,2-3,8H2,1H3,(H2,18,19,20). The van der Waals surface area contributed by atoms with Gasteiger partial charge in [0.15, 0.2) is 5.16 Å². The highest BCUT2D eigenvalue weighted by Crippen LogP contribution is 2.20. The molecule has 6 nitrogen and oxygen atoms in total. The largest absolute Gasteiger partial charge is 0.384 e. The van der Waals surface area contributed by atoms with E-state index in [1.807, 2.05) is 19.1 Å². The van der Waals surface area contributed by atoms with Gasteiger partial charge >= 0.3 is 0 Å². The molecule has 0 atom stereocenters. The number of halogens is 1. The lowest BCUT2D eigenvalue weighted by molar-refractivity contribution is 0.378. The van der Waals surface area contributed by atoms with Crippen molar-refractivity contribution in [1.29, 1.82) is 0 Å². The summed E-state index contributed by atoms with van der Waals surface area (Å²) in [6.07, 6.45) is 1.58. The topological polar surface area (TPSA) is 90.7 Å². The molecule has 0 fully saturated rings. The first kappa shape index (κ1) is 16.7. The van der Waals surface area contributed by atoms with Crippen LogP contribution in [0.3, 0.4) is 0 Å². The summed E-state index contributed by atoms with van der Waals surface area (Å²) in [7, 11) is 0. The van der Waals surface area contributed by atoms with Crippen molar-refractivity contribution in [2.75, 3.05) is 11.5 Å². The van der Waals surface area contributed by atoms with E-state index >= 15 is 0 Å². The summed E-state index contributed by atoms with van der Waals surface area (Å²) in [5, 5.41) is 5.37. The smallest absolute Gasteiger partial charge is 0.226 e. The molecule has 0 amide bonds. The molecule has 0 saturated heterocycles. The summed E-state index contributed by atoms with van der Waals surface area (Å²) in [6, 6.07) is 9.09. The zero-order chi connectivity index (χ0) is 16.9. The van der Waals surface area contributed by atoms with E-state index in [-0.39, 0.29) is 0 Å². The summed E-state index contributed by atoms with van der Waals surface area (Å²) in [5.41, 5.74) is 7.47. The van der Waals surface area contributed by atoms with Crippen LogP contribution in [0.5, 0.6) is 0 Å². The fourth-order valence-electron chi connectivity index (χ4n) is 2.09. The third kappa shape index (κ3) is 4.46. The van der Waals surface area contributed by atoms with Gasteiger partial charge in [-0.25, -0.2) is 9.97 Å². The molecule has 3 rings (SSSR count). The summed E-state index contributed by atoms with van der Waals surface area (Å²) < 4.78 is 5.29. The van der Waals surface area contributed by atoms with Crippen LogP contribution < -0.4 is 5.73 Å². The normalized spacial score (nSPS) is 10.9. The number of nitrogen functional groups attached to an aromatic ring is 1. The molecule has 24 heavy (non-hydrogen) atoms. The van der Waals surface area contributed by atoms with Gasteiger partial charge in [-0.1, -0.05) is 28.5 Å². The van der Waals surface area contributed by atoms with Crippen molar-refractivity contribution < 1.29 is 4.52 Å². The van der Waals surface area contributed by atoms with Crippen LogP contribution in [-0.2, 0) is 6.42 Å². The Kier molecular flexibility index (Phi) is 5.32. The highest BCUT2D eigenvalue weighted by Gasteiger charge is 2.09. The van der Waals surface area contributed by atoms with E-state index in [4.69, 9.17) is 21.9 Å². The number of anilines is 1. The van der Waals surface area contributed by atoms with Crippen LogP contribution in [0.4, 0.5) is 5.82 Å². The lowest BCUT2D eigenvalue weighted by Crippen LogP contribution is -1.97. The van der Waals surface area contributed by atoms with Gasteiger partial charge in [-0.3, -0.25) is 0 Å². The number of hydrogen-bond donors (Lipinski definition) is 1. The predicted molar refractivity (Wildman–Crippen MR) is 95.0 cm³/mol. The number of benzene rings is 1. The Labute approximate surface area is 148 Å². The third-order valence-corrected chi connectivity index (χ3v) is 4.38. The Morgan fingerprint density at radius 3 is 2.71 bits per heavy atom. The fraction of sp³-hybridized carbons (Fsp3) is 0.250. The van der Waals surface area contributed by atoms with Crippen LogP contribution in [0, 0.1) is 6.92 Å². The lowest BCUT2D eigenvalue weighted by Gasteiger charge is -2.01. The number of nitrogens with zero attached hydrogens (tertiary/aromatic N) is 4. The highest BCUT2D eigenvalue weighted by atomic mass is 35.5. The minimum absolute atomic E-state index is 0.495. The maximum Gasteiger partial charge on any atom is 0.226 e. The van der Waals surface area contributed by atoms with Gasteiger partial charge in [0, 0.05) is 34.5 Å². The van der Waals surface area contributed by atoms with E-state index in [1.165, 1.54) is 0 Å². The zero-order valence-corrected chi connectivity index (χ0v) is 14.6. The number of rotatable bonds is 6. The molecule has 3 aromatic rings. The molecule has 2 aromatic heterocycles. The maximum atomic E-state index is 5.87. The molecule has 0 radical (unpaired) electrons. The molecule has 0 aliphatic rings. The van der Waals surface area contributed by atoms with Crippen LogP contribution in [-0.4, -0.2) is 25.9 Å². The van der Waals surface area contributed by atoms with Gasteiger partial charge in [0.25, 0.3) is 0 Å². The number of aromatic nitrogens is 4. The van der Waals surface area contributed by atoms with Crippen molar-refractivity contribution in [3.8, 4) is 11.4 Å². The third-order valence-electron chi connectivity index (χ3n) is 3.19. The zero-order valence-electron chi connectivity index (χ0n) is 13.1. The second-order valence-electron chi connectivity index (χ2n) is 5.19. The van der Waals surface area contributed by atoms with Crippen LogP contribution >= 0.6 is 23.4 Å². The fourth-order valence-corrected chi connectivity index (χ4v) is 3.06. The number of nitrogens with two attached hydrogens (primary N) is 1. The van der Waals surface area contributed by atoms with E-state index in [9.17, 15) is 0 Å². The van der Waals surface area contributed by atoms with E-state index in [2.05, 4.69) is 20.1 Å². The van der Waals surface area contributed by atoms with Crippen LogP contribution in [0.1, 0.15) is 18.0 Å². The van der Waals surface area contributed by atoms with E-state index in [0.717, 1.165) is 23.4 Å². The van der Waals surface area contributed by atoms with Crippen molar-refractivity contribution in [3.63, 3.8) is 0 Å². The van der Waals surface area contributed by atoms with Gasteiger partial charge in [-0.2, -0.15) is 4.98 Å². The average Bonchev–Trinajstić information content (AvgIpc) is 3.00. The molecule has 0 aliphatic heterocycles. The molecule has 0 aliphatic carbocycles. The van der Waals surface area contributed by atoms with E-state index in [0.29, 0.717) is 34.1 Å². The van der Waals surface area contributed by atoms with Crippen molar-refractivity contribution >= 4 is 29.2 Å². The maximum absolute atomic E-state index is 5.87. The molecule has 0 spiro atoms. The number of hydrogen-bond acceptors (Lipinski definition) is 7. The predicted octanol–water partition coefficient (Wildman–Crippen LogP) is 3.80. The molecule has 1 aromatic carbocycles. The van der Waals surface area contributed by atoms with Crippen molar-refractivity contribution in [2.24, 2.45) is 0 Å². The number of aryl methyl sites for hydroxylation is 2. The first-order valence-corrected chi connectivity index (χ1v) is 8.79. The van der Waals surface area contributed by atoms with Gasteiger partial charge in [-0.05, 0) is 37.6 Å². The van der Waals surface area contributed by atoms with Crippen LogP contribution in [0.25, 0.3) is 11.4 Å². The molecule has 8 heteroatoms. The highest BCUT2D eigenvalue weighted by molar-refractivity contribution is 7.99. The Balaban J connectivity index is 1.51. The second kappa shape index (κ2) is 7.63. The lowest BCUT2D eigenvalue weighted by atomic mass is 10.2. The van der Waals surface area contributed by atoms with E-state index in [1.54, 1.807) is 30.0 Å². The first-order valence-electron chi connectivity index (χ1n) is 7.42. The summed E-state index contributed by atoms with van der Waals surface area (Å²) in [4.78, 5) is 12.9. The second-order valence-corrected chi connectivity index (χ2v) is 6.69. The van der Waals surface area contributed by atoms with Gasteiger partial charge in [0.2, 0.25) is 11.7 Å². The van der Waals surface area contributed by atoms with Crippen molar-refractivity contribution in [1.82, 2.24) is 20.1 Å². The summed E-state index contributed by atoms with van der Waals surface area (Å²) in [5.74, 6) is 2.53. The van der Waals surface area contributed by atoms with Gasteiger partial charge in [-0.15, -0.1) is 0 Å². The van der Waals surface area contributed by atoms with Crippen molar-refractivity contribution in [3.05, 3.63) is 46.9 Å². The van der Waals surface area contributed by atoms with Gasteiger partial charge in [0.05, 0.1) is 0 Å². The summed E-state index contributed by atoms with van der Waals surface area (Å²) >= 11 is 7.44. The average molecular weight is 362 g/mol. The van der Waals surface area contributed by atoms with Gasteiger partial charge < -0.3 is 10.3 Å².